The molecule has 0 aliphatic carbocycles. The molecule has 3 aromatic carbocycles. The van der Waals surface area contributed by atoms with Crippen molar-refractivity contribution in [3.8, 4) is 11.1 Å². The van der Waals surface area contributed by atoms with Crippen LogP contribution < -0.4 is 10.6 Å². The molecule has 6 heteroatoms. The summed E-state index contributed by atoms with van der Waals surface area (Å²) in [5, 5.41) is 12.2. The van der Waals surface area contributed by atoms with E-state index < -0.39 is 0 Å². The zero-order valence-corrected chi connectivity index (χ0v) is 17.4. The van der Waals surface area contributed by atoms with Crippen molar-refractivity contribution in [3.05, 3.63) is 96.3 Å². The van der Waals surface area contributed by atoms with Crippen LogP contribution in [0.2, 0.25) is 0 Å². The Kier molecular flexibility index (Phi) is 6.15. The zero-order valence-electron chi connectivity index (χ0n) is 16.6. The van der Waals surface area contributed by atoms with Gasteiger partial charge in [-0.1, -0.05) is 54.2 Å². The zero-order chi connectivity index (χ0) is 20.8. The summed E-state index contributed by atoms with van der Waals surface area (Å²) in [7, 11) is 0. The molecule has 0 saturated carbocycles. The molecule has 30 heavy (non-hydrogen) atoms. The van der Waals surface area contributed by atoms with Crippen molar-refractivity contribution in [1.82, 2.24) is 15.5 Å². The minimum absolute atomic E-state index is 0.249. The SMILES string of the molecule is Cc1ccccc1-c1ccccc1Sc1ccc(NC(=O)NCc2cn[nH]c2)cc1. The van der Waals surface area contributed by atoms with E-state index in [-0.39, 0.29) is 6.03 Å². The minimum atomic E-state index is -0.249. The van der Waals surface area contributed by atoms with Crippen LogP contribution in [0.4, 0.5) is 10.5 Å². The maximum Gasteiger partial charge on any atom is 0.319 e. The second-order valence-corrected chi connectivity index (χ2v) is 7.97. The molecule has 0 saturated heterocycles. The number of aromatic amines is 1. The smallest absolute Gasteiger partial charge is 0.319 e. The molecule has 1 aromatic heterocycles. The van der Waals surface area contributed by atoms with E-state index in [9.17, 15) is 4.79 Å². The highest BCUT2D eigenvalue weighted by Crippen LogP contribution is 2.37. The van der Waals surface area contributed by atoms with E-state index in [2.05, 4.69) is 76.3 Å². The van der Waals surface area contributed by atoms with Crippen molar-refractivity contribution in [3.63, 3.8) is 0 Å². The molecule has 2 amide bonds. The normalized spacial score (nSPS) is 10.6. The summed E-state index contributed by atoms with van der Waals surface area (Å²) in [6, 6.07) is 24.5. The molecular weight excluding hydrogens is 392 g/mol. The summed E-state index contributed by atoms with van der Waals surface area (Å²) in [4.78, 5) is 14.4. The molecule has 0 bridgehead atoms. The van der Waals surface area contributed by atoms with Crippen LogP contribution in [0.25, 0.3) is 11.1 Å². The van der Waals surface area contributed by atoms with Gasteiger partial charge < -0.3 is 10.6 Å². The average molecular weight is 415 g/mol. The Bertz CT molecular complexity index is 1120. The van der Waals surface area contributed by atoms with E-state index in [4.69, 9.17) is 0 Å². The first-order chi connectivity index (χ1) is 14.7. The molecule has 0 spiro atoms. The van der Waals surface area contributed by atoms with Crippen molar-refractivity contribution in [2.24, 2.45) is 0 Å². The lowest BCUT2D eigenvalue weighted by atomic mass is 10.0. The van der Waals surface area contributed by atoms with Crippen LogP contribution in [0, 0.1) is 6.92 Å². The lowest BCUT2D eigenvalue weighted by Crippen LogP contribution is -2.27. The summed E-state index contributed by atoms with van der Waals surface area (Å²) in [6.45, 7) is 2.56. The number of urea groups is 1. The van der Waals surface area contributed by atoms with Gasteiger partial charge in [-0.05, 0) is 53.9 Å². The van der Waals surface area contributed by atoms with Crippen LogP contribution in [0.3, 0.4) is 0 Å². The van der Waals surface area contributed by atoms with Gasteiger partial charge in [0.15, 0.2) is 0 Å². The summed E-state index contributed by atoms with van der Waals surface area (Å²) < 4.78 is 0. The second kappa shape index (κ2) is 9.33. The number of hydrogen-bond acceptors (Lipinski definition) is 3. The fraction of sp³-hybridized carbons (Fsp3) is 0.0833. The van der Waals surface area contributed by atoms with Gasteiger partial charge in [-0.2, -0.15) is 5.10 Å². The molecule has 0 aliphatic heterocycles. The number of nitrogens with one attached hydrogen (secondary N) is 3. The second-order valence-electron chi connectivity index (χ2n) is 6.85. The van der Waals surface area contributed by atoms with Gasteiger partial charge >= 0.3 is 6.03 Å². The van der Waals surface area contributed by atoms with Crippen molar-refractivity contribution in [2.45, 2.75) is 23.3 Å². The molecule has 0 radical (unpaired) electrons. The summed E-state index contributed by atoms with van der Waals surface area (Å²) >= 11 is 1.72. The van der Waals surface area contributed by atoms with Crippen LogP contribution >= 0.6 is 11.8 Å². The van der Waals surface area contributed by atoms with E-state index in [1.54, 1.807) is 24.2 Å². The van der Waals surface area contributed by atoms with E-state index in [0.29, 0.717) is 6.54 Å². The van der Waals surface area contributed by atoms with Crippen LogP contribution in [0.5, 0.6) is 0 Å². The Hall–Kier alpha value is -3.51. The van der Waals surface area contributed by atoms with Crippen molar-refractivity contribution >= 4 is 23.5 Å². The molecule has 0 aliphatic rings. The van der Waals surface area contributed by atoms with Crippen LogP contribution in [0.15, 0.2) is 95.0 Å². The highest BCUT2D eigenvalue weighted by Gasteiger charge is 2.09. The standard InChI is InChI=1S/C24H22N4OS/c1-17-6-2-3-7-21(17)22-8-4-5-9-23(22)30-20-12-10-19(11-13-20)28-24(29)25-14-18-15-26-27-16-18/h2-13,15-16H,14H2,1H3,(H,26,27)(H2,25,28,29). The van der Waals surface area contributed by atoms with Gasteiger partial charge in [0.05, 0.1) is 6.20 Å². The van der Waals surface area contributed by atoms with Crippen LogP contribution in [-0.4, -0.2) is 16.2 Å². The van der Waals surface area contributed by atoms with Gasteiger partial charge in [0, 0.05) is 33.8 Å². The number of H-pyrrole nitrogens is 1. The molecule has 150 valence electrons. The number of carbonyl (C=O) groups excluding carboxylic acids is 1. The maximum absolute atomic E-state index is 12.1. The van der Waals surface area contributed by atoms with Crippen LogP contribution in [-0.2, 0) is 6.54 Å². The number of rotatable bonds is 6. The molecule has 3 N–H and O–H groups in total. The van der Waals surface area contributed by atoms with Crippen molar-refractivity contribution < 1.29 is 4.79 Å². The highest BCUT2D eigenvalue weighted by molar-refractivity contribution is 7.99. The van der Waals surface area contributed by atoms with E-state index in [1.807, 2.05) is 24.3 Å². The monoisotopic (exact) mass is 414 g/mol. The predicted molar refractivity (Wildman–Crippen MR) is 122 cm³/mol. The molecule has 0 atom stereocenters. The van der Waals surface area contributed by atoms with Gasteiger partial charge in [0.25, 0.3) is 0 Å². The average Bonchev–Trinajstić information content (AvgIpc) is 3.28. The molecule has 0 fully saturated rings. The summed E-state index contributed by atoms with van der Waals surface area (Å²) in [5.74, 6) is 0. The van der Waals surface area contributed by atoms with Gasteiger partial charge in [0.1, 0.15) is 0 Å². The summed E-state index contributed by atoms with van der Waals surface area (Å²) in [6.07, 6.45) is 3.43. The third-order valence-corrected chi connectivity index (χ3v) is 5.75. The Balaban J connectivity index is 1.42. The number of nitrogens with zero attached hydrogens (tertiary/aromatic N) is 1. The Labute approximate surface area is 179 Å². The molecule has 1 heterocycles. The lowest BCUT2D eigenvalue weighted by molar-refractivity contribution is 0.251. The molecule has 4 rings (SSSR count). The minimum Gasteiger partial charge on any atom is -0.334 e. The van der Waals surface area contributed by atoms with Crippen molar-refractivity contribution in [1.29, 1.82) is 0 Å². The van der Waals surface area contributed by atoms with E-state index in [1.165, 1.54) is 21.6 Å². The summed E-state index contributed by atoms with van der Waals surface area (Å²) in [5.41, 5.74) is 5.39. The maximum atomic E-state index is 12.1. The fourth-order valence-electron chi connectivity index (χ4n) is 3.12. The first kappa shape index (κ1) is 19.8. The number of carbonyl (C=O) groups is 1. The van der Waals surface area contributed by atoms with E-state index >= 15 is 0 Å². The van der Waals surface area contributed by atoms with Gasteiger partial charge in [0.2, 0.25) is 0 Å². The predicted octanol–water partition coefficient (Wildman–Crippen LogP) is 5.86. The quantitative estimate of drug-likeness (QED) is 0.370. The Morgan fingerprint density at radius 3 is 2.43 bits per heavy atom. The third kappa shape index (κ3) is 4.90. The molecular formula is C24H22N4OS. The van der Waals surface area contributed by atoms with E-state index in [0.717, 1.165) is 16.1 Å². The highest BCUT2D eigenvalue weighted by atomic mass is 32.2. The largest absolute Gasteiger partial charge is 0.334 e. The number of aryl methyl sites for hydroxylation is 1. The van der Waals surface area contributed by atoms with Gasteiger partial charge in [-0.25, -0.2) is 4.79 Å². The molecule has 4 aromatic rings. The topological polar surface area (TPSA) is 69.8 Å². The van der Waals surface area contributed by atoms with Crippen molar-refractivity contribution in [2.75, 3.05) is 5.32 Å². The Morgan fingerprint density at radius 1 is 0.967 bits per heavy atom. The van der Waals surface area contributed by atoms with Crippen LogP contribution in [0.1, 0.15) is 11.1 Å². The molecule has 0 unspecified atom stereocenters. The van der Waals surface area contributed by atoms with Gasteiger partial charge in [-0.3, -0.25) is 5.10 Å². The molecule has 5 nitrogen and oxygen atoms in total. The number of anilines is 1. The fourth-order valence-corrected chi connectivity index (χ4v) is 4.08. The number of hydrogen-bond donors (Lipinski definition) is 3. The third-order valence-electron chi connectivity index (χ3n) is 4.67. The number of aromatic nitrogens is 2. The number of amides is 2. The first-order valence-corrected chi connectivity index (χ1v) is 10.5. The lowest BCUT2D eigenvalue weighted by Gasteiger charge is -2.12. The Morgan fingerprint density at radius 2 is 1.70 bits per heavy atom. The first-order valence-electron chi connectivity index (χ1n) is 9.64. The number of benzene rings is 3. The van der Waals surface area contributed by atoms with Gasteiger partial charge in [-0.15, -0.1) is 0 Å².